The van der Waals surface area contributed by atoms with Crippen LogP contribution in [0.3, 0.4) is 0 Å². The standard InChI is InChI=1S/C9H5F6NO/c10-8(11,12)4-2-1-3-5(16)6(4)7(17)9(13,14)15/h1-3H,16H2. The summed E-state index contributed by atoms with van der Waals surface area (Å²) < 4.78 is 73.5. The molecule has 1 aromatic carbocycles. The van der Waals surface area contributed by atoms with E-state index in [9.17, 15) is 31.1 Å². The number of rotatable bonds is 1. The van der Waals surface area contributed by atoms with Crippen LogP contribution in [-0.2, 0) is 6.18 Å². The highest BCUT2D eigenvalue weighted by Gasteiger charge is 2.45. The van der Waals surface area contributed by atoms with Crippen molar-refractivity contribution in [2.24, 2.45) is 0 Å². The Morgan fingerprint density at radius 2 is 1.59 bits per heavy atom. The van der Waals surface area contributed by atoms with E-state index in [1.807, 2.05) is 0 Å². The highest BCUT2D eigenvalue weighted by Crippen LogP contribution is 2.37. The van der Waals surface area contributed by atoms with E-state index in [1.54, 1.807) is 0 Å². The average molecular weight is 257 g/mol. The van der Waals surface area contributed by atoms with Crippen LogP contribution in [0.15, 0.2) is 18.2 Å². The summed E-state index contributed by atoms with van der Waals surface area (Å²) in [6.07, 6.45) is -10.5. The maximum Gasteiger partial charge on any atom is 0.454 e. The van der Waals surface area contributed by atoms with Gasteiger partial charge >= 0.3 is 12.4 Å². The number of hydrogen-bond donors (Lipinski definition) is 1. The molecule has 0 heterocycles. The summed E-state index contributed by atoms with van der Waals surface area (Å²) in [7, 11) is 0. The van der Waals surface area contributed by atoms with Crippen LogP contribution in [0.5, 0.6) is 0 Å². The van der Waals surface area contributed by atoms with Crippen molar-refractivity contribution in [3.8, 4) is 0 Å². The van der Waals surface area contributed by atoms with Crippen LogP contribution in [-0.4, -0.2) is 12.0 Å². The quantitative estimate of drug-likeness (QED) is 0.477. The zero-order valence-electron chi connectivity index (χ0n) is 7.99. The molecule has 0 unspecified atom stereocenters. The number of nitrogens with two attached hydrogens (primary N) is 1. The predicted molar refractivity (Wildman–Crippen MR) is 46.2 cm³/mol. The number of alkyl halides is 6. The van der Waals surface area contributed by atoms with Crippen LogP contribution in [0.1, 0.15) is 15.9 Å². The number of anilines is 1. The van der Waals surface area contributed by atoms with Gasteiger partial charge in [-0.3, -0.25) is 4.79 Å². The molecule has 0 saturated heterocycles. The van der Waals surface area contributed by atoms with Gasteiger partial charge in [-0.15, -0.1) is 0 Å². The van der Waals surface area contributed by atoms with E-state index in [1.165, 1.54) is 0 Å². The molecule has 0 amide bonds. The smallest absolute Gasteiger partial charge is 0.398 e. The number of nitrogen functional groups attached to an aromatic ring is 1. The second-order valence-electron chi connectivity index (χ2n) is 3.09. The lowest BCUT2D eigenvalue weighted by Crippen LogP contribution is -2.27. The van der Waals surface area contributed by atoms with Gasteiger partial charge in [0, 0.05) is 5.69 Å². The summed E-state index contributed by atoms with van der Waals surface area (Å²) in [6, 6.07) is 1.99. The first-order chi connectivity index (χ1) is 7.55. The molecule has 1 aromatic rings. The topological polar surface area (TPSA) is 43.1 Å². The predicted octanol–water partition coefficient (Wildman–Crippen LogP) is 3.03. The highest BCUT2D eigenvalue weighted by atomic mass is 19.4. The third kappa shape index (κ3) is 2.69. The van der Waals surface area contributed by atoms with E-state index in [2.05, 4.69) is 0 Å². The van der Waals surface area contributed by atoms with Crippen molar-refractivity contribution in [2.45, 2.75) is 12.4 Å². The zero-order valence-corrected chi connectivity index (χ0v) is 7.99. The molecule has 17 heavy (non-hydrogen) atoms. The molecule has 0 saturated carbocycles. The molecule has 0 fully saturated rings. The minimum Gasteiger partial charge on any atom is -0.398 e. The SMILES string of the molecule is Nc1cccc(C(F)(F)F)c1C(=O)C(F)(F)F. The number of halogens is 6. The number of benzene rings is 1. The van der Waals surface area contributed by atoms with Crippen LogP contribution >= 0.6 is 0 Å². The molecule has 0 radical (unpaired) electrons. The average Bonchev–Trinajstić information content (AvgIpc) is 2.13. The first kappa shape index (κ1) is 13.3. The van der Waals surface area contributed by atoms with Crippen LogP contribution < -0.4 is 5.73 Å². The van der Waals surface area contributed by atoms with Gasteiger partial charge in [0.1, 0.15) is 0 Å². The Balaban J connectivity index is 3.47. The maximum absolute atomic E-state index is 12.4. The second-order valence-corrected chi connectivity index (χ2v) is 3.09. The Morgan fingerprint density at radius 3 is 2.00 bits per heavy atom. The lowest BCUT2D eigenvalue weighted by Gasteiger charge is -2.15. The minimum absolute atomic E-state index is 0.370. The lowest BCUT2D eigenvalue weighted by atomic mass is 10.0. The Kier molecular flexibility index (Phi) is 3.09. The lowest BCUT2D eigenvalue weighted by molar-refractivity contribution is -0.138. The van der Waals surface area contributed by atoms with Crippen molar-refractivity contribution < 1.29 is 31.1 Å². The molecule has 8 heteroatoms. The first-order valence-corrected chi connectivity index (χ1v) is 4.12. The third-order valence-corrected chi connectivity index (χ3v) is 1.89. The van der Waals surface area contributed by atoms with E-state index >= 15 is 0 Å². The molecule has 0 atom stereocenters. The first-order valence-electron chi connectivity index (χ1n) is 4.12. The van der Waals surface area contributed by atoms with Crippen molar-refractivity contribution >= 4 is 11.5 Å². The number of Topliss-reactive ketones (excluding diaryl/α,β-unsaturated/α-hetero) is 1. The third-order valence-electron chi connectivity index (χ3n) is 1.89. The summed E-state index contributed by atoms with van der Waals surface area (Å²) >= 11 is 0. The summed E-state index contributed by atoms with van der Waals surface area (Å²) in [5, 5.41) is 0. The molecule has 2 N–H and O–H groups in total. The van der Waals surface area contributed by atoms with Crippen molar-refractivity contribution in [3.05, 3.63) is 29.3 Å². The Labute approximate surface area is 91.0 Å². The normalized spacial score (nSPS) is 12.6. The number of ketones is 1. The number of hydrogen-bond acceptors (Lipinski definition) is 2. The van der Waals surface area contributed by atoms with E-state index in [4.69, 9.17) is 5.73 Å². The molecule has 0 aliphatic carbocycles. The largest absolute Gasteiger partial charge is 0.454 e. The van der Waals surface area contributed by atoms with Gasteiger partial charge in [-0.1, -0.05) is 6.07 Å². The second kappa shape index (κ2) is 3.94. The molecule has 2 nitrogen and oxygen atoms in total. The molecule has 0 aliphatic rings. The van der Waals surface area contributed by atoms with Gasteiger partial charge in [0.15, 0.2) is 0 Å². The molecule has 0 bridgehead atoms. The van der Waals surface area contributed by atoms with Crippen molar-refractivity contribution in [2.75, 3.05) is 5.73 Å². The van der Waals surface area contributed by atoms with Gasteiger partial charge in [0.2, 0.25) is 0 Å². The summed E-state index contributed by atoms with van der Waals surface area (Å²) in [4.78, 5) is 10.8. The van der Waals surface area contributed by atoms with Crippen molar-refractivity contribution in [3.63, 3.8) is 0 Å². The fourth-order valence-corrected chi connectivity index (χ4v) is 1.20. The monoisotopic (exact) mass is 257 g/mol. The maximum atomic E-state index is 12.4. The fourth-order valence-electron chi connectivity index (χ4n) is 1.20. The van der Waals surface area contributed by atoms with E-state index in [-0.39, 0.29) is 0 Å². The van der Waals surface area contributed by atoms with Gasteiger partial charge in [0.25, 0.3) is 5.78 Å². The van der Waals surface area contributed by atoms with Gasteiger partial charge in [-0.25, -0.2) is 0 Å². The van der Waals surface area contributed by atoms with Crippen LogP contribution in [0, 0.1) is 0 Å². The molecular formula is C9H5F6NO. The summed E-state index contributed by atoms with van der Waals surface area (Å²) in [5.41, 5.74) is 0.879. The molecule has 94 valence electrons. The van der Waals surface area contributed by atoms with Crippen LogP contribution in [0.25, 0.3) is 0 Å². The van der Waals surface area contributed by atoms with Crippen LogP contribution in [0.4, 0.5) is 32.0 Å². The number of carbonyl (C=O) groups excluding carboxylic acids is 1. The molecule has 0 spiro atoms. The van der Waals surface area contributed by atoms with Crippen molar-refractivity contribution in [1.82, 2.24) is 0 Å². The van der Waals surface area contributed by atoms with E-state index in [0.717, 1.165) is 12.1 Å². The van der Waals surface area contributed by atoms with Crippen molar-refractivity contribution in [1.29, 1.82) is 0 Å². The Hall–Kier alpha value is -1.73. The Morgan fingerprint density at radius 1 is 1.06 bits per heavy atom. The molecule has 1 rings (SSSR count). The summed E-state index contributed by atoms with van der Waals surface area (Å²) in [5.74, 6) is -2.61. The highest BCUT2D eigenvalue weighted by molar-refractivity contribution is 6.05. The zero-order chi connectivity index (χ0) is 13.4. The van der Waals surface area contributed by atoms with Gasteiger partial charge < -0.3 is 5.73 Å². The molecule has 0 aromatic heterocycles. The molecular weight excluding hydrogens is 252 g/mol. The summed E-state index contributed by atoms with van der Waals surface area (Å²) in [6.45, 7) is 0. The van der Waals surface area contributed by atoms with Crippen LogP contribution in [0.2, 0.25) is 0 Å². The molecule has 0 aliphatic heterocycles. The van der Waals surface area contributed by atoms with Gasteiger partial charge in [-0.05, 0) is 12.1 Å². The fraction of sp³-hybridized carbons (Fsp3) is 0.222. The van der Waals surface area contributed by atoms with E-state index in [0.29, 0.717) is 6.07 Å². The minimum atomic E-state index is -5.41. The van der Waals surface area contributed by atoms with Gasteiger partial charge in [-0.2, -0.15) is 26.3 Å². The Bertz CT molecular complexity index is 448. The van der Waals surface area contributed by atoms with E-state index < -0.39 is 35.0 Å². The number of carbonyl (C=O) groups is 1. The van der Waals surface area contributed by atoms with Gasteiger partial charge in [0.05, 0.1) is 11.1 Å².